The molecule has 2 heterocycles. The molecule has 0 aliphatic rings. The lowest BCUT2D eigenvalue weighted by atomic mass is 9.99. The summed E-state index contributed by atoms with van der Waals surface area (Å²) in [6, 6.07) is 12.6. The van der Waals surface area contributed by atoms with Crippen LogP contribution in [-0.2, 0) is 6.54 Å². The molecule has 0 saturated heterocycles. The van der Waals surface area contributed by atoms with Crippen LogP contribution < -0.4 is 5.43 Å². The van der Waals surface area contributed by atoms with Crippen LogP contribution in [0.5, 0.6) is 0 Å². The van der Waals surface area contributed by atoms with E-state index in [4.69, 9.17) is 0 Å². The van der Waals surface area contributed by atoms with Crippen LogP contribution in [0.4, 0.5) is 0 Å². The standard InChI is InChI=1S/C20H16N4O3/c1-12-7-8-14(9-13(12)2)19(25)16-10-24(11-18-21-23-27-22-18)17-6-4-3-5-15(17)20(16)26/h3-10H,11H2,1-2H3. The van der Waals surface area contributed by atoms with E-state index in [0.29, 0.717) is 22.3 Å². The molecule has 0 spiro atoms. The van der Waals surface area contributed by atoms with Crippen molar-refractivity contribution >= 4 is 16.7 Å². The predicted molar refractivity (Wildman–Crippen MR) is 98.8 cm³/mol. The second-order valence-electron chi connectivity index (χ2n) is 6.42. The number of hydrogen-bond donors (Lipinski definition) is 0. The average Bonchev–Trinajstić information content (AvgIpc) is 3.19. The molecule has 27 heavy (non-hydrogen) atoms. The Morgan fingerprint density at radius 2 is 1.93 bits per heavy atom. The van der Waals surface area contributed by atoms with Crippen molar-refractivity contribution in [3.8, 4) is 0 Å². The van der Waals surface area contributed by atoms with Gasteiger partial charge in [0.2, 0.25) is 11.3 Å². The zero-order valence-electron chi connectivity index (χ0n) is 14.8. The van der Waals surface area contributed by atoms with E-state index in [1.165, 1.54) is 0 Å². The van der Waals surface area contributed by atoms with E-state index in [1.807, 2.05) is 32.0 Å². The largest absolute Gasteiger partial charge is 0.339 e. The number of aryl methyl sites for hydroxylation is 2. The number of para-hydroxylation sites is 1. The summed E-state index contributed by atoms with van der Waals surface area (Å²) in [6.07, 6.45) is 1.55. The highest BCUT2D eigenvalue weighted by molar-refractivity contribution is 6.10. The molecule has 0 atom stereocenters. The first-order valence-electron chi connectivity index (χ1n) is 8.43. The number of fused-ring (bicyclic) bond motifs is 1. The number of aromatic nitrogens is 4. The van der Waals surface area contributed by atoms with Gasteiger partial charge in [0, 0.05) is 17.1 Å². The molecule has 0 aliphatic carbocycles. The smallest absolute Gasteiger partial charge is 0.216 e. The van der Waals surface area contributed by atoms with Gasteiger partial charge in [0.15, 0.2) is 5.78 Å². The molecule has 0 N–H and O–H groups in total. The summed E-state index contributed by atoms with van der Waals surface area (Å²) in [5, 5.41) is 11.3. The molecule has 0 fully saturated rings. The number of carbonyl (C=O) groups is 1. The van der Waals surface area contributed by atoms with Crippen LogP contribution in [0, 0.1) is 13.8 Å². The van der Waals surface area contributed by atoms with Crippen molar-refractivity contribution in [2.24, 2.45) is 0 Å². The maximum Gasteiger partial charge on any atom is 0.216 e. The highest BCUT2D eigenvalue weighted by Crippen LogP contribution is 2.17. The summed E-state index contributed by atoms with van der Waals surface area (Å²) >= 11 is 0. The van der Waals surface area contributed by atoms with Crippen LogP contribution in [0.3, 0.4) is 0 Å². The van der Waals surface area contributed by atoms with Crippen molar-refractivity contribution in [3.63, 3.8) is 0 Å². The van der Waals surface area contributed by atoms with Crippen molar-refractivity contribution in [3.05, 3.63) is 87.0 Å². The van der Waals surface area contributed by atoms with Gasteiger partial charge < -0.3 is 4.57 Å². The van der Waals surface area contributed by atoms with Gasteiger partial charge in [0.25, 0.3) is 0 Å². The maximum absolute atomic E-state index is 13.1. The summed E-state index contributed by atoms with van der Waals surface area (Å²) in [6.45, 7) is 4.15. The van der Waals surface area contributed by atoms with Crippen LogP contribution in [0.25, 0.3) is 10.9 Å². The molecule has 0 bridgehead atoms. The molecule has 0 aliphatic heterocycles. The Morgan fingerprint density at radius 3 is 2.67 bits per heavy atom. The molecule has 4 aromatic rings. The van der Waals surface area contributed by atoms with Crippen molar-refractivity contribution in [2.75, 3.05) is 0 Å². The number of nitrogens with zero attached hydrogens (tertiary/aromatic N) is 4. The molecule has 0 amide bonds. The summed E-state index contributed by atoms with van der Waals surface area (Å²) in [5.41, 5.74) is 3.07. The fourth-order valence-electron chi connectivity index (χ4n) is 3.04. The van der Waals surface area contributed by atoms with E-state index in [-0.39, 0.29) is 23.3 Å². The van der Waals surface area contributed by atoms with E-state index < -0.39 is 0 Å². The minimum atomic E-state index is -0.311. The van der Waals surface area contributed by atoms with Gasteiger partial charge >= 0.3 is 0 Å². The molecule has 7 heteroatoms. The minimum absolute atomic E-state index is 0.105. The second kappa shape index (κ2) is 6.60. The first-order valence-corrected chi connectivity index (χ1v) is 8.43. The van der Waals surface area contributed by atoms with Gasteiger partial charge in [-0.3, -0.25) is 9.59 Å². The molecule has 4 rings (SSSR count). The van der Waals surface area contributed by atoms with Gasteiger partial charge in [-0.1, -0.05) is 29.4 Å². The van der Waals surface area contributed by atoms with E-state index in [2.05, 4.69) is 20.2 Å². The van der Waals surface area contributed by atoms with Gasteiger partial charge in [-0.2, -0.15) is 0 Å². The molecule has 0 radical (unpaired) electrons. The van der Waals surface area contributed by atoms with E-state index in [0.717, 1.165) is 11.1 Å². The fraction of sp³-hybridized carbons (Fsp3) is 0.150. The molecule has 2 aromatic heterocycles. The lowest BCUT2D eigenvalue weighted by Gasteiger charge is -2.12. The van der Waals surface area contributed by atoms with Gasteiger partial charge in [-0.25, -0.2) is 4.63 Å². The van der Waals surface area contributed by atoms with Gasteiger partial charge in [0.1, 0.15) is 0 Å². The lowest BCUT2D eigenvalue weighted by molar-refractivity contribution is 0.103. The third-order valence-corrected chi connectivity index (χ3v) is 4.65. The van der Waals surface area contributed by atoms with Crippen LogP contribution >= 0.6 is 0 Å². The SMILES string of the molecule is Cc1ccc(C(=O)c2cn(Cc3nnon3)c3ccccc3c2=O)cc1C. The van der Waals surface area contributed by atoms with Crippen LogP contribution in [0.15, 0.2) is 58.1 Å². The number of ketones is 1. The van der Waals surface area contributed by atoms with E-state index in [9.17, 15) is 9.59 Å². The summed E-state index contributed by atoms with van der Waals surface area (Å²) < 4.78 is 6.30. The molecule has 7 nitrogen and oxygen atoms in total. The first-order chi connectivity index (χ1) is 13.0. The third kappa shape index (κ3) is 3.03. The summed E-state index contributed by atoms with van der Waals surface area (Å²) in [5.74, 6) is 0.0437. The highest BCUT2D eigenvalue weighted by Gasteiger charge is 2.18. The van der Waals surface area contributed by atoms with Crippen molar-refractivity contribution in [1.82, 2.24) is 20.1 Å². The predicted octanol–water partition coefficient (Wildman–Crippen LogP) is 2.68. The fourth-order valence-corrected chi connectivity index (χ4v) is 3.04. The second-order valence-corrected chi connectivity index (χ2v) is 6.42. The number of hydrogen-bond acceptors (Lipinski definition) is 6. The number of benzene rings is 2. The van der Waals surface area contributed by atoms with E-state index in [1.54, 1.807) is 35.0 Å². The molecular formula is C20H16N4O3. The Balaban J connectivity index is 1.89. The minimum Gasteiger partial charge on any atom is -0.339 e. The number of rotatable bonds is 4. The van der Waals surface area contributed by atoms with Crippen LogP contribution in [-0.4, -0.2) is 25.9 Å². The normalized spacial score (nSPS) is 11.0. The first kappa shape index (κ1) is 16.8. The van der Waals surface area contributed by atoms with E-state index >= 15 is 0 Å². The Bertz CT molecular complexity index is 1210. The lowest BCUT2D eigenvalue weighted by Crippen LogP contribution is -2.20. The van der Waals surface area contributed by atoms with Gasteiger partial charge in [-0.15, -0.1) is 0 Å². The van der Waals surface area contributed by atoms with Crippen molar-refractivity contribution in [1.29, 1.82) is 0 Å². The zero-order chi connectivity index (χ0) is 19.0. The summed E-state index contributed by atoms with van der Waals surface area (Å²) in [4.78, 5) is 26.0. The molecule has 134 valence electrons. The van der Waals surface area contributed by atoms with Crippen LogP contribution in [0.1, 0.15) is 32.9 Å². The Morgan fingerprint density at radius 1 is 1.11 bits per heavy atom. The van der Waals surface area contributed by atoms with Crippen molar-refractivity contribution < 1.29 is 9.42 Å². The molecule has 0 unspecified atom stereocenters. The third-order valence-electron chi connectivity index (χ3n) is 4.65. The Hall–Kier alpha value is -3.61. The van der Waals surface area contributed by atoms with Crippen LogP contribution in [0.2, 0.25) is 0 Å². The molecule has 2 aromatic carbocycles. The topological polar surface area (TPSA) is 90.9 Å². The Kier molecular flexibility index (Phi) is 4.12. The summed E-state index contributed by atoms with van der Waals surface area (Å²) in [7, 11) is 0. The number of carbonyl (C=O) groups excluding carboxylic acids is 1. The van der Waals surface area contributed by atoms with Gasteiger partial charge in [-0.05, 0) is 48.3 Å². The van der Waals surface area contributed by atoms with Crippen molar-refractivity contribution in [2.45, 2.75) is 20.4 Å². The average molecular weight is 360 g/mol. The van der Waals surface area contributed by atoms with Gasteiger partial charge in [0.05, 0.1) is 22.9 Å². The molecular weight excluding hydrogens is 344 g/mol. The Labute approximate surface area is 154 Å². The monoisotopic (exact) mass is 360 g/mol. The number of pyridine rings is 1. The maximum atomic E-state index is 13.1. The zero-order valence-corrected chi connectivity index (χ0v) is 14.8. The quantitative estimate of drug-likeness (QED) is 0.520. The molecule has 0 saturated carbocycles. The highest BCUT2D eigenvalue weighted by atomic mass is 16.6.